The quantitative estimate of drug-likeness (QED) is 0.559. The lowest BCUT2D eigenvalue weighted by Gasteiger charge is -2.51. The number of carbonyl (C=O) groups excluding carboxylic acids is 1. The smallest absolute Gasteiger partial charge is 0.263 e. The van der Waals surface area contributed by atoms with Crippen LogP contribution in [0.25, 0.3) is 5.76 Å². The molecule has 3 unspecified atom stereocenters. The SMILES string of the molecule is C=C(Nc1ccccc1/C(=C/C)OC(C)C(=O)N1CCCC2(N)CCCCC12)C(C)(C)C. The predicted octanol–water partition coefficient (Wildman–Crippen LogP) is 5.69. The van der Waals surface area contributed by atoms with Gasteiger partial charge in [-0.3, -0.25) is 4.79 Å². The van der Waals surface area contributed by atoms with E-state index in [1.807, 2.05) is 49.1 Å². The Kier molecular flexibility index (Phi) is 7.39. The van der Waals surface area contributed by atoms with Crippen molar-refractivity contribution in [1.29, 1.82) is 0 Å². The molecule has 0 radical (unpaired) electrons. The van der Waals surface area contributed by atoms with Crippen LogP contribution >= 0.6 is 0 Å². The van der Waals surface area contributed by atoms with E-state index in [9.17, 15) is 4.79 Å². The zero-order valence-corrected chi connectivity index (χ0v) is 20.5. The van der Waals surface area contributed by atoms with Gasteiger partial charge in [-0.1, -0.05) is 52.3 Å². The van der Waals surface area contributed by atoms with E-state index in [4.69, 9.17) is 10.5 Å². The molecule has 3 rings (SSSR count). The van der Waals surface area contributed by atoms with Crippen LogP contribution in [-0.2, 0) is 9.53 Å². The second kappa shape index (κ2) is 9.70. The maximum Gasteiger partial charge on any atom is 0.263 e. The summed E-state index contributed by atoms with van der Waals surface area (Å²) in [5, 5.41) is 3.45. The Balaban J connectivity index is 1.76. The lowest BCUT2D eigenvalue weighted by Crippen LogP contribution is -2.65. The number of hydrogen-bond acceptors (Lipinski definition) is 4. The third kappa shape index (κ3) is 5.20. The van der Waals surface area contributed by atoms with Gasteiger partial charge in [-0.15, -0.1) is 0 Å². The average Bonchev–Trinajstić information content (AvgIpc) is 2.75. The van der Waals surface area contributed by atoms with Crippen LogP contribution in [0.3, 0.4) is 0 Å². The molecule has 1 aliphatic heterocycles. The number of piperidine rings is 1. The molecule has 2 fully saturated rings. The number of fused-ring (bicyclic) bond motifs is 1. The summed E-state index contributed by atoms with van der Waals surface area (Å²) < 4.78 is 6.28. The molecule has 32 heavy (non-hydrogen) atoms. The summed E-state index contributed by atoms with van der Waals surface area (Å²) in [5.41, 5.74) is 9.21. The summed E-state index contributed by atoms with van der Waals surface area (Å²) in [6, 6.07) is 8.12. The first kappa shape index (κ1) is 24.4. The molecular weight excluding hydrogens is 398 g/mol. The first-order chi connectivity index (χ1) is 15.1. The van der Waals surface area contributed by atoms with E-state index in [0.717, 1.165) is 62.0 Å². The molecule has 1 aromatic rings. The largest absolute Gasteiger partial charge is 0.481 e. The molecule has 1 amide bonds. The fourth-order valence-electron chi connectivity index (χ4n) is 4.92. The summed E-state index contributed by atoms with van der Waals surface area (Å²) in [6.45, 7) is 15.1. The monoisotopic (exact) mass is 439 g/mol. The van der Waals surface area contributed by atoms with E-state index < -0.39 is 6.10 Å². The highest BCUT2D eigenvalue weighted by atomic mass is 16.5. The van der Waals surface area contributed by atoms with E-state index in [1.54, 1.807) is 0 Å². The van der Waals surface area contributed by atoms with Gasteiger partial charge in [0.15, 0.2) is 6.10 Å². The molecule has 1 aliphatic carbocycles. The van der Waals surface area contributed by atoms with Crippen molar-refractivity contribution in [3.8, 4) is 0 Å². The van der Waals surface area contributed by atoms with Gasteiger partial charge in [-0.25, -0.2) is 0 Å². The number of rotatable bonds is 6. The first-order valence-electron chi connectivity index (χ1n) is 12.0. The van der Waals surface area contributed by atoms with Crippen molar-refractivity contribution in [2.45, 2.75) is 90.8 Å². The van der Waals surface area contributed by atoms with Crippen LogP contribution in [0, 0.1) is 5.41 Å². The minimum atomic E-state index is -0.579. The number of carbonyl (C=O) groups is 1. The van der Waals surface area contributed by atoms with Gasteiger partial charge < -0.3 is 20.7 Å². The van der Waals surface area contributed by atoms with Crippen LogP contribution in [0.1, 0.15) is 78.7 Å². The molecule has 1 saturated heterocycles. The number of allylic oxidation sites excluding steroid dienone is 2. The van der Waals surface area contributed by atoms with Gasteiger partial charge in [-0.2, -0.15) is 0 Å². The number of nitrogens with zero attached hydrogens (tertiary/aromatic N) is 1. The molecule has 1 aromatic carbocycles. The zero-order valence-electron chi connectivity index (χ0n) is 20.5. The molecule has 1 saturated carbocycles. The minimum absolute atomic E-state index is 0.0373. The van der Waals surface area contributed by atoms with Crippen LogP contribution in [0.5, 0.6) is 0 Å². The highest BCUT2D eigenvalue weighted by molar-refractivity contribution is 5.83. The third-order valence-corrected chi connectivity index (χ3v) is 7.03. The van der Waals surface area contributed by atoms with Crippen molar-refractivity contribution in [3.05, 3.63) is 48.2 Å². The molecule has 5 nitrogen and oxygen atoms in total. The molecule has 176 valence electrons. The molecule has 3 atom stereocenters. The Morgan fingerprint density at radius 3 is 2.66 bits per heavy atom. The van der Waals surface area contributed by atoms with Gasteiger partial charge >= 0.3 is 0 Å². The first-order valence-corrected chi connectivity index (χ1v) is 12.0. The van der Waals surface area contributed by atoms with Crippen LogP contribution in [0.15, 0.2) is 42.6 Å². The Labute approximate surface area is 194 Å². The second-order valence-electron chi connectivity index (χ2n) is 10.4. The molecule has 0 bridgehead atoms. The minimum Gasteiger partial charge on any atom is -0.481 e. The van der Waals surface area contributed by atoms with Gasteiger partial charge in [0.25, 0.3) is 5.91 Å². The second-order valence-corrected chi connectivity index (χ2v) is 10.4. The van der Waals surface area contributed by atoms with Crippen LogP contribution < -0.4 is 11.1 Å². The summed E-state index contributed by atoms with van der Waals surface area (Å²) in [4.78, 5) is 15.5. The third-order valence-electron chi connectivity index (χ3n) is 7.03. The maximum atomic E-state index is 13.5. The van der Waals surface area contributed by atoms with Crippen molar-refractivity contribution >= 4 is 17.4 Å². The topological polar surface area (TPSA) is 67.6 Å². The zero-order chi connectivity index (χ0) is 23.5. The van der Waals surface area contributed by atoms with Gasteiger partial charge in [0.1, 0.15) is 5.76 Å². The van der Waals surface area contributed by atoms with Crippen molar-refractivity contribution in [2.75, 3.05) is 11.9 Å². The van der Waals surface area contributed by atoms with E-state index in [-0.39, 0.29) is 22.9 Å². The van der Waals surface area contributed by atoms with Crippen molar-refractivity contribution in [2.24, 2.45) is 11.1 Å². The molecule has 5 heteroatoms. The predicted molar refractivity (Wildman–Crippen MR) is 133 cm³/mol. The normalized spacial score (nSPS) is 25.0. The number of nitrogens with two attached hydrogens (primary N) is 1. The van der Waals surface area contributed by atoms with Gasteiger partial charge in [0.05, 0.1) is 0 Å². The summed E-state index contributed by atoms with van der Waals surface area (Å²) >= 11 is 0. The highest BCUT2D eigenvalue weighted by Crippen LogP contribution is 2.38. The fourth-order valence-corrected chi connectivity index (χ4v) is 4.92. The van der Waals surface area contributed by atoms with Crippen molar-refractivity contribution in [3.63, 3.8) is 0 Å². The van der Waals surface area contributed by atoms with Crippen LogP contribution in [0.2, 0.25) is 0 Å². The van der Waals surface area contributed by atoms with E-state index >= 15 is 0 Å². The number of hydrogen-bond donors (Lipinski definition) is 2. The van der Waals surface area contributed by atoms with E-state index in [0.29, 0.717) is 5.76 Å². The lowest BCUT2D eigenvalue weighted by atomic mass is 9.72. The van der Waals surface area contributed by atoms with Crippen LogP contribution in [-0.4, -0.2) is 35.0 Å². The lowest BCUT2D eigenvalue weighted by molar-refractivity contribution is -0.146. The molecule has 3 N–H and O–H groups in total. The van der Waals surface area contributed by atoms with Crippen molar-refractivity contribution in [1.82, 2.24) is 4.90 Å². The molecule has 0 spiro atoms. The van der Waals surface area contributed by atoms with E-state index in [2.05, 4.69) is 32.7 Å². The number of ether oxygens (including phenoxy) is 1. The fraction of sp³-hybridized carbons (Fsp3) is 0.593. The van der Waals surface area contributed by atoms with Gasteiger partial charge in [0, 0.05) is 40.5 Å². The van der Waals surface area contributed by atoms with Gasteiger partial charge in [0.2, 0.25) is 0 Å². The number of anilines is 1. The summed E-state index contributed by atoms with van der Waals surface area (Å²) in [5.74, 6) is 0.727. The number of likely N-dealkylation sites (tertiary alicyclic amines) is 1. The molecule has 1 heterocycles. The van der Waals surface area contributed by atoms with Gasteiger partial charge in [-0.05, 0) is 57.7 Å². The molecule has 2 aliphatic rings. The average molecular weight is 440 g/mol. The van der Waals surface area contributed by atoms with Crippen LogP contribution in [0.4, 0.5) is 5.69 Å². The maximum absolute atomic E-state index is 13.5. The summed E-state index contributed by atoms with van der Waals surface area (Å²) in [7, 11) is 0. The number of amides is 1. The standard InChI is InChI=1S/C27H41N3O2/c1-7-23(21-13-8-9-14-22(21)29-20(3)26(4,5)6)32-19(2)25(31)30-18-12-17-27(28)16-11-10-15-24(27)30/h7-9,13-14,19,24,29H,3,10-12,15-18,28H2,1-2,4-6H3/b23-7-. The van der Waals surface area contributed by atoms with E-state index in [1.165, 1.54) is 0 Å². The number of para-hydroxylation sites is 1. The highest BCUT2D eigenvalue weighted by Gasteiger charge is 2.45. The molecular formula is C27H41N3O2. The number of nitrogens with one attached hydrogen (secondary N) is 1. The Hall–Kier alpha value is -2.27. The Morgan fingerprint density at radius 1 is 1.28 bits per heavy atom. The Morgan fingerprint density at radius 2 is 1.97 bits per heavy atom. The number of benzene rings is 1. The molecule has 0 aromatic heterocycles. The van der Waals surface area contributed by atoms with Crippen molar-refractivity contribution < 1.29 is 9.53 Å². The Bertz CT molecular complexity index is 866. The summed E-state index contributed by atoms with van der Waals surface area (Å²) in [6.07, 6.45) is 7.61.